The molecule has 1 aliphatic heterocycles. The van der Waals surface area contributed by atoms with E-state index in [9.17, 15) is 15.0 Å². The molecule has 0 saturated heterocycles. The van der Waals surface area contributed by atoms with E-state index in [2.05, 4.69) is 0 Å². The fraction of sp³-hybridized carbons (Fsp3) is 0.174. The third-order valence-corrected chi connectivity index (χ3v) is 6.21. The van der Waals surface area contributed by atoms with Crippen molar-refractivity contribution in [1.82, 2.24) is 4.90 Å². The molecule has 0 aromatic heterocycles. The summed E-state index contributed by atoms with van der Waals surface area (Å²) in [5, 5.41) is 20.6. The van der Waals surface area contributed by atoms with Gasteiger partial charge < -0.3 is 15.1 Å². The van der Waals surface area contributed by atoms with Crippen LogP contribution in [0.2, 0.25) is 0 Å². The third kappa shape index (κ3) is 3.45. The molecular formula is C23H21NO3S. The highest BCUT2D eigenvalue weighted by Crippen LogP contribution is 2.40. The standard InChI is InChI=1S/C23H21NO3S/c1-14-7-8-15(2)21(9-14)28-22-10-18(19(25)11-20(22)26)23(27)24-12-16-5-3-4-6-17(16)13-24/h3-11,25-26H,12-13H2,1-2H3. The lowest BCUT2D eigenvalue weighted by molar-refractivity contribution is 0.0748. The van der Waals surface area contributed by atoms with Crippen LogP contribution in [0.1, 0.15) is 32.6 Å². The average molecular weight is 391 g/mol. The Hall–Kier alpha value is -2.92. The number of phenolic OH excluding ortho intramolecular Hbond substituents is 2. The SMILES string of the molecule is Cc1ccc(C)c(Sc2cc(C(=O)N3Cc4ccccc4C3)c(O)cc2O)c1. The molecule has 5 heteroatoms. The maximum Gasteiger partial charge on any atom is 0.258 e. The number of phenols is 2. The molecule has 2 N–H and O–H groups in total. The average Bonchev–Trinajstić information content (AvgIpc) is 3.10. The predicted octanol–water partition coefficient (Wildman–Crippen LogP) is 5.02. The van der Waals surface area contributed by atoms with Crippen LogP contribution in [0.5, 0.6) is 11.5 Å². The van der Waals surface area contributed by atoms with Gasteiger partial charge in [-0.25, -0.2) is 0 Å². The van der Waals surface area contributed by atoms with Gasteiger partial charge in [0.25, 0.3) is 5.91 Å². The zero-order chi connectivity index (χ0) is 19.8. The third-order valence-electron chi connectivity index (χ3n) is 5.00. The van der Waals surface area contributed by atoms with Gasteiger partial charge in [-0.15, -0.1) is 0 Å². The quantitative estimate of drug-likeness (QED) is 0.658. The number of hydrogen-bond donors (Lipinski definition) is 2. The predicted molar refractivity (Wildman–Crippen MR) is 110 cm³/mol. The molecule has 0 aliphatic carbocycles. The van der Waals surface area contributed by atoms with E-state index in [0.717, 1.165) is 27.1 Å². The molecule has 0 saturated carbocycles. The van der Waals surface area contributed by atoms with Crippen molar-refractivity contribution in [3.8, 4) is 11.5 Å². The van der Waals surface area contributed by atoms with Crippen LogP contribution in [-0.2, 0) is 13.1 Å². The van der Waals surface area contributed by atoms with Crippen LogP contribution in [0.4, 0.5) is 0 Å². The minimum atomic E-state index is -0.239. The number of fused-ring (bicyclic) bond motifs is 1. The highest BCUT2D eigenvalue weighted by atomic mass is 32.2. The number of amides is 1. The lowest BCUT2D eigenvalue weighted by Crippen LogP contribution is -2.25. The molecule has 3 aromatic carbocycles. The molecule has 1 aliphatic rings. The first-order chi connectivity index (χ1) is 13.4. The normalized spacial score (nSPS) is 12.9. The summed E-state index contributed by atoms with van der Waals surface area (Å²) in [4.78, 5) is 16.3. The summed E-state index contributed by atoms with van der Waals surface area (Å²) in [7, 11) is 0. The van der Waals surface area contributed by atoms with E-state index >= 15 is 0 Å². The van der Waals surface area contributed by atoms with Crippen LogP contribution in [0, 0.1) is 13.8 Å². The molecule has 142 valence electrons. The van der Waals surface area contributed by atoms with Gasteiger partial charge in [-0.05, 0) is 48.2 Å². The molecule has 0 radical (unpaired) electrons. The van der Waals surface area contributed by atoms with E-state index in [4.69, 9.17) is 0 Å². The van der Waals surface area contributed by atoms with Crippen molar-refractivity contribution in [2.24, 2.45) is 0 Å². The van der Waals surface area contributed by atoms with Gasteiger partial charge in [-0.3, -0.25) is 4.79 Å². The van der Waals surface area contributed by atoms with E-state index < -0.39 is 0 Å². The molecular weight excluding hydrogens is 370 g/mol. The first kappa shape index (κ1) is 18.4. The Morgan fingerprint density at radius 2 is 1.57 bits per heavy atom. The van der Waals surface area contributed by atoms with Crippen molar-refractivity contribution in [1.29, 1.82) is 0 Å². The second-order valence-corrected chi connectivity index (χ2v) is 8.22. The topological polar surface area (TPSA) is 60.8 Å². The van der Waals surface area contributed by atoms with Crippen LogP contribution in [-0.4, -0.2) is 21.0 Å². The van der Waals surface area contributed by atoms with Crippen molar-refractivity contribution in [3.63, 3.8) is 0 Å². The van der Waals surface area contributed by atoms with Gasteiger partial charge in [0.1, 0.15) is 11.5 Å². The second kappa shape index (κ2) is 7.24. The van der Waals surface area contributed by atoms with Gasteiger partial charge in [-0.1, -0.05) is 48.2 Å². The molecule has 4 rings (SSSR count). The monoisotopic (exact) mass is 391 g/mol. The number of hydrogen-bond acceptors (Lipinski definition) is 4. The number of nitrogens with zero attached hydrogens (tertiary/aromatic N) is 1. The molecule has 4 nitrogen and oxygen atoms in total. The van der Waals surface area contributed by atoms with Crippen LogP contribution in [0.3, 0.4) is 0 Å². The van der Waals surface area contributed by atoms with Crippen molar-refractivity contribution in [2.45, 2.75) is 36.7 Å². The largest absolute Gasteiger partial charge is 0.507 e. The molecule has 1 amide bonds. The molecule has 0 atom stereocenters. The smallest absolute Gasteiger partial charge is 0.258 e. The molecule has 0 spiro atoms. The number of benzene rings is 3. The Kier molecular flexibility index (Phi) is 4.77. The highest BCUT2D eigenvalue weighted by molar-refractivity contribution is 7.99. The van der Waals surface area contributed by atoms with Crippen molar-refractivity contribution in [3.05, 3.63) is 82.4 Å². The summed E-state index contributed by atoms with van der Waals surface area (Å²) in [6.45, 7) is 5.07. The summed E-state index contributed by atoms with van der Waals surface area (Å²) in [5.74, 6) is -0.482. The fourth-order valence-corrected chi connectivity index (χ4v) is 4.44. The van der Waals surface area contributed by atoms with Crippen molar-refractivity contribution in [2.75, 3.05) is 0 Å². The zero-order valence-corrected chi connectivity index (χ0v) is 16.6. The molecule has 28 heavy (non-hydrogen) atoms. The zero-order valence-electron chi connectivity index (χ0n) is 15.8. The lowest BCUT2D eigenvalue weighted by Gasteiger charge is -2.17. The molecule has 0 unspecified atom stereocenters. The highest BCUT2D eigenvalue weighted by Gasteiger charge is 2.26. The van der Waals surface area contributed by atoms with E-state index in [1.165, 1.54) is 17.8 Å². The van der Waals surface area contributed by atoms with Crippen LogP contribution < -0.4 is 0 Å². The Morgan fingerprint density at radius 3 is 2.25 bits per heavy atom. The van der Waals surface area contributed by atoms with Crippen LogP contribution in [0.15, 0.2) is 64.4 Å². The Morgan fingerprint density at radius 1 is 0.893 bits per heavy atom. The van der Waals surface area contributed by atoms with Gasteiger partial charge in [0.2, 0.25) is 0 Å². The lowest BCUT2D eigenvalue weighted by atomic mass is 10.1. The van der Waals surface area contributed by atoms with E-state index in [0.29, 0.717) is 18.0 Å². The number of aryl methyl sites for hydroxylation is 2. The fourth-order valence-electron chi connectivity index (χ4n) is 3.39. The summed E-state index contributed by atoms with van der Waals surface area (Å²) in [5.41, 5.74) is 4.67. The van der Waals surface area contributed by atoms with E-state index in [1.807, 2.05) is 56.3 Å². The number of carbonyl (C=O) groups is 1. The first-order valence-electron chi connectivity index (χ1n) is 9.09. The molecule has 1 heterocycles. The van der Waals surface area contributed by atoms with E-state index in [1.54, 1.807) is 11.0 Å². The second-order valence-electron chi connectivity index (χ2n) is 7.14. The summed E-state index contributed by atoms with van der Waals surface area (Å²) >= 11 is 1.39. The van der Waals surface area contributed by atoms with Crippen LogP contribution in [0.25, 0.3) is 0 Å². The number of aromatic hydroxyl groups is 2. The summed E-state index contributed by atoms with van der Waals surface area (Å²) in [6.07, 6.45) is 0. The minimum absolute atomic E-state index is 0.0373. The van der Waals surface area contributed by atoms with E-state index in [-0.39, 0.29) is 23.0 Å². The van der Waals surface area contributed by atoms with Gasteiger partial charge >= 0.3 is 0 Å². The summed E-state index contributed by atoms with van der Waals surface area (Å²) < 4.78 is 0. The summed E-state index contributed by atoms with van der Waals surface area (Å²) in [6, 6.07) is 16.9. The van der Waals surface area contributed by atoms with Crippen molar-refractivity contribution < 1.29 is 15.0 Å². The Labute approximate surface area is 168 Å². The van der Waals surface area contributed by atoms with Gasteiger partial charge in [-0.2, -0.15) is 0 Å². The van der Waals surface area contributed by atoms with Crippen LogP contribution >= 0.6 is 11.8 Å². The Bertz CT molecular complexity index is 1050. The van der Waals surface area contributed by atoms with Gasteiger partial charge in [0.15, 0.2) is 0 Å². The van der Waals surface area contributed by atoms with Gasteiger partial charge in [0.05, 0.1) is 10.5 Å². The van der Waals surface area contributed by atoms with Crippen molar-refractivity contribution >= 4 is 17.7 Å². The number of carbonyl (C=O) groups excluding carboxylic acids is 1. The maximum atomic E-state index is 13.0. The Balaban J connectivity index is 1.64. The molecule has 0 fully saturated rings. The molecule has 3 aromatic rings. The first-order valence-corrected chi connectivity index (χ1v) is 9.91. The molecule has 0 bridgehead atoms. The maximum absolute atomic E-state index is 13.0. The minimum Gasteiger partial charge on any atom is -0.507 e. The number of rotatable bonds is 3. The van der Waals surface area contributed by atoms with Gasteiger partial charge in [0, 0.05) is 24.1 Å².